The van der Waals surface area contributed by atoms with Crippen LogP contribution in [0.15, 0.2) is 53.6 Å². The van der Waals surface area contributed by atoms with Crippen molar-refractivity contribution in [3.63, 3.8) is 0 Å². The number of aromatic nitrogens is 1. The van der Waals surface area contributed by atoms with Gasteiger partial charge in [0.05, 0.1) is 34.2 Å². The summed E-state index contributed by atoms with van der Waals surface area (Å²) >= 11 is 1.58. The minimum atomic E-state index is -0.826. The van der Waals surface area contributed by atoms with Crippen LogP contribution in [0.4, 0.5) is 0 Å². The third kappa shape index (κ3) is 5.31. The van der Waals surface area contributed by atoms with E-state index in [1.165, 1.54) is 4.90 Å². The van der Waals surface area contributed by atoms with Crippen LogP contribution in [-0.4, -0.2) is 68.9 Å². The van der Waals surface area contributed by atoms with Gasteiger partial charge in [-0.25, -0.2) is 4.98 Å². The number of aliphatic hydroxyl groups is 1. The number of likely N-dealkylation sites (tertiary alicyclic amines) is 2. The maximum absolute atomic E-state index is 13.9. The summed E-state index contributed by atoms with van der Waals surface area (Å²) in [4.78, 5) is 48.9. The van der Waals surface area contributed by atoms with E-state index in [-0.39, 0.29) is 49.1 Å². The Balaban J connectivity index is 1.27. The second-order valence-corrected chi connectivity index (χ2v) is 11.9. The van der Waals surface area contributed by atoms with E-state index in [1.807, 2.05) is 50.5 Å². The van der Waals surface area contributed by atoms with Crippen molar-refractivity contribution in [1.82, 2.24) is 20.1 Å². The van der Waals surface area contributed by atoms with Crippen molar-refractivity contribution in [2.24, 2.45) is 17.8 Å². The summed E-state index contributed by atoms with van der Waals surface area (Å²) in [7, 11) is 0. The maximum atomic E-state index is 13.9. The smallest absolute Gasteiger partial charge is 0.246 e. The number of fused-ring (bicyclic) bond motifs is 1. The normalized spacial score (nSPS) is 24.6. The molecule has 2 N–H and O–H groups in total. The first-order valence-corrected chi connectivity index (χ1v) is 14.4. The Morgan fingerprint density at radius 3 is 2.65 bits per heavy atom. The number of benzene rings is 1. The molecule has 1 aromatic heterocycles. The van der Waals surface area contributed by atoms with Crippen LogP contribution >= 0.6 is 11.3 Å². The zero-order valence-electron chi connectivity index (χ0n) is 22.8. The van der Waals surface area contributed by atoms with E-state index in [0.717, 1.165) is 21.7 Å². The molecule has 2 aliphatic heterocycles. The fourth-order valence-electron chi connectivity index (χ4n) is 5.92. The third-order valence-corrected chi connectivity index (χ3v) is 8.93. The van der Waals surface area contributed by atoms with E-state index in [1.54, 1.807) is 34.5 Å². The van der Waals surface area contributed by atoms with Crippen LogP contribution in [0, 0.1) is 36.0 Å². The average molecular weight is 560 g/mol. The second kappa shape index (κ2) is 11.4. The standard InChI is InChI=1S/C30H33N5O4S/c1-17(2)26(35-14-22-10-20(12-31)6-9-24(22)29(35)38)30(39)34-15-23(36)11-25(34)28(37)32-13-19-4-7-21(8-5-19)27-18(3)33-16-40-27/h4-10,16-17,22-26,36H,11,13-15H2,1-3H3,(H,32,37)/t22?,23-,24?,25+,26+/m1/s1. The number of amides is 3. The first kappa shape index (κ1) is 27.7. The first-order valence-electron chi connectivity index (χ1n) is 13.5. The van der Waals surface area contributed by atoms with Gasteiger partial charge < -0.3 is 20.2 Å². The van der Waals surface area contributed by atoms with Gasteiger partial charge in [-0.2, -0.15) is 5.26 Å². The van der Waals surface area contributed by atoms with Gasteiger partial charge in [-0.1, -0.05) is 50.3 Å². The number of aliphatic hydroxyl groups excluding tert-OH is 1. The van der Waals surface area contributed by atoms with E-state index < -0.39 is 24.1 Å². The summed E-state index contributed by atoms with van der Waals surface area (Å²) in [6.45, 7) is 6.38. The van der Waals surface area contributed by atoms with Gasteiger partial charge in [0.2, 0.25) is 17.7 Å². The molecule has 9 nitrogen and oxygen atoms in total. The Labute approximate surface area is 237 Å². The maximum Gasteiger partial charge on any atom is 0.246 e. The average Bonchev–Trinajstić information content (AvgIpc) is 3.64. The summed E-state index contributed by atoms with van der Waals surface area (Å²) in [6, 6.07) is 8.43. The summed E-state index contributed by atoms with van der Waals surface area (Å²) in [6.07, 6.45) is 4.51. The quantitative estimate of drug-likeness (QED) is 0.537. The number of aryl methyl sites for hydroxylation is 1. The summed E-state index contributed by atoms with van der Waals surface area (Å²) < 4.78 is 0. The topological polar surface area (TPSA) is 127 Å². The molecule has 10 heteroatoms. The molecule has 1 aromatic carbocycles. The van der Waals surface area contributed by atoms with Crippen molar-refractivity contribution in [3.8, 4) is 16.5 Å². The summed E-state index contributed by atoms with van der Waals surface area (Å²) in [5.74, 6) is -1.60. The minimum Gasteiger partial charge on any atom is -0.391 e. The van der Waals surface area contributed by atoms with Crippen LogP contribution in [0.3, 0.4) is 0 Å². The summed E-state index contributed by atoms with van der Waals surface area (Å²) in [5, 5.41) is 22.6. The molecule has 3 amide bonds. The van der Waals surface area contributed by atoms with E-state index >= 15 is 0 Å². The van der Waals surface area contributed by atoms with Gasteiger partial charge in [-0.15, -0.1) is 11.3 Å². The van der Waals surface area contributed by atoms with Crippen molar-refractivity contribution in [1.29, 1.82) is 5.26 Å². The zero-order chi connectivity index (χ0) is 28.6. The highest BCUT2D eigenvalue weighted by Gasteiger charge is 2.48. The van der Waals surface area contributed by atoms with Gasteiger partial charge >= 0.3 is 0 Å². The molecule has 5 rings (SSSR count). The number of carbonyl (C=O) groups is 3. The van der Waals surface area contributed by atoms with Gasteiger partial charge in [0.1, 0.15) is 12.1 Å². The Hall–Kier alpha value is -3.81. The molecule has 2 aromatic rings. The molecule has 0 spiro atoms. The number of rotatable bonds is 7. The number of nitriles is 1. The predicted molar refractivity (Wildman–Crippen MR) is 150 cm³/mol. The number of nitrogens with zero attached hydrogens (tertiary/aromatic N) is 4. The lowest BCUT2D eigenvalue weighted by molar-refractivity contribution is -0.149. The molecule has 0 saturated carbocycles. The van der Waals surface area contributed by atoms with Crippen LogP contribution in [0.5, 0.6) is 0 Å². The fraction of sp³-hybridized carbons (Fsp3) is 0.433. The Morgan fingerprint density at radius 1 is 1.25 bits per heavy atom. The van der Waals surface area contributed by atoms with Crippen LogP contribution in [0.2, 0.25) is 0 Å². The SMILES string of the molecule is Cc1ncsc1-c1ccc(CNC(=O)[C@@H]2C[C@@H](O)CN2C(=O)[C@H](C(C)C)N2CC3C=C(C#N)C=CC3C2=O)cc1. The number of allylic oxidation sites excluding steroid dienone is 2. The Bertz CT molecular complexity index is 1410. The van der Waals surface area contributed by atoms with Crippen LogP contribution in [0.25, 0.3) is 10.4 Å². The lowest BCUT2D eigenvalue weighted by Crippen LogP contribution is -2.55. The van der Waals surface area contributed by atoms with E-state index in [4.69, 9.17) is 0 Å². The molecule has 3 aliphatic rings. The largest absolute Gasteiger partial charge is 0.391 e. The van der Waals surface area contributed by atoms with Gasteiger partial charge in [0.15, 0.2) is 0 Å². The number of hydrogen-bond acceptors (Lipinski definition) is 7. The monoisotopic (exact) mass is 559 g/mol. The fourth-order valence-corrected chi connectivity index (χ4v) is 6.73. The van der Waals surface area contributed by atoms with E-state index in [0.29, 0.717) is 12.1 Å². The van der Waals surface area contributed by atoms with Crippen molar-refractivity contribution in [2.45, 2.75) is 51.9 Å². The summed E-state index contributed by atoms with van der Waals surface area (Å²) in [5.41, 5.74) is 5.29. The third-order valence-electron chi connectivity index (χ3n) is 7.96. The predicted octanol–water partition coefficient (Wildman–Crippen LogP) is 2.82. The highest BCUT2D eigenvalue weighted by atomic mass is 32.1. The van der Waals surface area contributed by atoms with Crippen molar-refractivity contribution in [2.75, 3.05) is 13.1 Å². The molecule has 1 aliphatic carbocycles. The Kier molecular flexibility index (Phi) is 7.88. The van der Waals surface area contributed by atoms with E-state index in [9.17, 15) is 24.8 Å². The highest BCUT2D eigenvalue weighted by Crippen LogP contribution is 2.35. The number of thiazole rings is 1. The molecule has 2 fully saturated rings. The molecule has 208 valence electrons. The lowest BCUT2D eigenvalue weighted by atomic mass is 9.89. The Morgan fingerprint density at radius 2 is 2.00 bits per heavy atom. The number of hydrogen-bond donors (Lipinski definition) is 2. The molecule has 40 heavy (non-hydrogen) atoms. The van der Waals surface area contributed by atoms with Crippen molar-refractivity contribution in [3.05, 3.63) is 64.8 Å². The molecule has 2 saturated heterocycles. The molecule has 3 heterocycles. The molecular weight excluding hydrogens is 526 g/mol. The van der Waals surface area contributed by atoms with Gasteiger partial charge in [0.25, 0.3) is 0 Å². The second-order valence-electron chi connectivity index (χ2n) is 11.0. The van der Waals surface area contributed by atoms with Gasteiger partial charge in [-0.3, -0.25) is 14.4 Å². The van der Waals surface area contributed by atoms with Gasteiger partial charge in [0, 0.05) is 37.5 Å². The highest BCUT2D eigenvalue weighted by molar-refractivity contribution is 7.13. The van der Waals surface area contributed by atoms with Gasteiger partial charge in [-0.05, 0) is 30.0 Å². The first-order chi connectivity index (χ1) is 19.2. The zero-order valence-corrected chi connectivity index (χ0v) is 23.6. The molecule has 0 radical (unpaired) electrons. The molecule has 5 atom stereocenters. The number of nitrogens with one attached hydrogen (secondary N) is 1. The minimum absolute atomic E-state index is 0.0380. The van der Waals surface area contributed by atoms with Crippen LogP contribution < -0.4 is 5.32 Å². The number of carbonyl (C=O) groups excluding carboxylic acids is 3. The van der Waals surface area contributed by atoms with Crippen LogP contribution in [-0.2, 0) is 20.9 Å². The molecule has 0 bridgehead atoms. The molecule has 2 unspecified atom stereocenters. The number of β-amino-alcohol motifs (C(OH)–C–C–N with tert-alkyl or cyclic N) is 1. The van der Waals surface area contributed by atoms with Crippen molar-refractivity contribution < 1.29 is 19.5 Å². The molecular formula is C30H33N5O4S. The van der Waals surface area contributed by atoms with Crippen molar-refractivity contribution >= 4 is 29.1 Å². The lowest BCUT2D eigenvalue weighted by Gasteiger charge is -2.35. The van der Waals surface area contributed by atoms with E-state index in [2.05, 4.69) is 16.4 Å². The van der Waals surface area contributed by atoms with Crippen LogP contribution in [0.1, 0.15) is 31.5 Å².